The number of carbonyl (C=O) groups excluding carboxylic acids is 2. The van der Waals surface area contributed by atoms with Crippen LogP contribution in [0, 0.1) is 6.92 Å². The van der Waals surface area contributed by atoms with E-state index < -0.39 is 11.8 Å². The van der Waals surface area contributed by atoms with Gasteiger partial charge >= 0.3 is 5.91 Å². The van der Waals surface area contributed by atoms with Crippen molar-refractivity contribution in [3.05, 3.63) is 70.8 Å². The Morgan fingerprint density at radius 3 is 2.59 bits per heavy atom. The highest BCUT2D eigenvalue weighted by atomic mass is 35.5. The molecule has 1 aromatic heterocycles. The van der Waals surface area contributed by atoms with Gasteiger partial charge in [-0.3, -0.25) is 20.4 Å². The van der Waals surface area contributed by atoms with Gasteiger partial charge in [-0.05, 0) is 37.1 Å². The van der Waals surface area contributed by atoms with Crippen molar-refractivity contribution < 1.29 is 14.3 Å². The molecule has 2 aromatic carbocycles. The van der Waals surface area contributed by atoms with Crippen LogP contribution >= 0.6 is 11.6 Å². The summed E-state index contributed by atoms with van der Waals surface area (Å²) in [7, 11) is 0. The number of ether oxygens (including phenoxy) is 1. The first-order valence-electron chi connectivity index (χ1n) is 8.98. The summed E-state index contributed by atoms with van der Waals surface area (Å²) in [6.45, 7) is 3.46. The highest BCUT2D eigenvalue weighted by Crippen LogP contribution is 2.20. The molecule has 0 radical (unpaired) electrons. The van der Waals surface area contributed by atoms with Gasteiger partial charge in [-0.15, -0.1) is 5.10 Å². The molecule has 0 fully saturated rings. The summed E-state index contributed by atoms with van der Waals surface area (Å²) >= 11 is 6.17. The number of halogens is 1. The average molecular weight is 414 g/mol. The molecule has 29 heavy (non-hydrogen) atoms. The maximum Gasteiger partial charge on any atom is 0.309 e. The standard InChI is InChI=1S/C20H20ClN5O3/c1-3-14-8-4-7-11-17(14)29-12-18(27)23-24-20(28)19-22-13(2)26(25-19)16-10-6-5-9-15(16)21/h4-11H,3,12H2,1-2H3,(H,23,27)(H,24,28). The Morgan fingerprint density at radius 1 is 1.10 bits per heavy atom. The van der Waals surface area contributed by atoms with Crippen molar-refractivity contribution in [2.75, 3.05) is 6.61 Å². The summed E-state index contributed by atoms with van der Waals surface area (Å²) in [5.74, 6) is -0.144. The predicted octanol–water partition coefficient (Wildman–Crippen LogP) is 2.63. The molecular formula is C20H20ClN5O3. The highest BCUT2D eigenvalue weighted by molar-refractivity contribution is 6.32. The van der Waals surface area contributed by atoms with Gasteiger partial charge in [0.1, 0.15) is 11.6 Å². The molecule has 0 atom stereocenters. The molecule has 0 bridgehead atoms. The number of hydrazine groups is 1. The van der Waals surface area contributed by atoms with Crippen molar-refractivity contribution in [3.8, 4) is 11.4 Å². The van der Waals surface area contributed by atoms with Gasteiger partial charge in [0.15, 0.2) is 6.61 Å². The smallest absolute Gasteiger partial charge is 0.309 e. The molecular weight excluding hydrogens is 394 g/mol. The van der Waals surface area contributed by atoms with E-state index in [0.717, 1.165) is 12.0 Å². The summed E-state index contributed by atoms with van der Waals surface area (Å²) < 4.78 is 6.97. The number of hydrogen-bond acceptors (Lipinski definition) is 5. The molecule has 0 spiro atoms. The zero-order valence-corrected chi connectivity index (χ0v) is 16.7. The Hall–Kier alpha value is -3.39. The van der Waals surface area contributed by atoms with E-state index in [4.69, 9.17) is 16.3 Å². The minimum atomic E-state index is -0.652. The van der Waals surface area contributed by atoms with Crippen molar-refractivity contribution in [3.63, 3.8) is 0 Å². The van der Waals surface area contributed by atoms with Crippen LogP contribution < -0.4 is 15.6 Å². The topological polar surface area (TPSA) is 98.1 Å². The molecule has 2 amide bonds. The molecule has 0 aliphatic heterocycles. The minimum Gasteiger partial charge on any atom is -0.483 e. The van der Waals surface area contributed by atoms with E-state index in [1.165, 1.54) is 4.68 Å². The molecule has 0 unspecified atom stereocenters. The monoisotopic (exact) mass is 413 g/mol. The van der Waals surface area contributed by atoms with Crippen molar-refractivity contribution in [2.45, 2.75) is 20.3 Å². The molecule has 0 aliphatic carbocycles. The number of hydrogen-bond donors (Lipinski definition) is 2. The highest BCUT2D eigenvalue weighted by Gasteiger charge is 2.17. The van der Waals surface area contributed by atoms with Gasteiger partial charge in [-0.2, -0.15) is 0 Å². The van der Waals surface area contributed by atoms with Crippen LogP contribution in [0.4, 0.5) is 0 Å². The van der Waals surface area contributed by atoms with Crippen molar-refractivity contribution in [1.82, 2.24) is 25.6 Å². The first-order valence-corrected chi connectivity index (χ1v) is 9.35. The van der Waals surface area contributed by atoms with E-state index in [9.17, 15) is 9.59 Å². The Morgan fingerprint density at radius 2 is 1.83 bits per heavy atom. The summed E-state index contributed by atoms with van der Waals surface area (Å²) in [6.07, 6.45) is 0.785. The van der Waals surface area contributed by atoms with E-state index in [-0.39, 0.29) is 12.4 Å². The number of para-hydroxylation sites is 2. The second-order valence-electron chi connectivity index (χ2n) is 6.10. The van der Waals surface area contributed by atoms with E-state index in [2.05, 4.69) is 20.9 Å². The van der Waals surface area contributed by atoms with Gasteiger partial charge in [-0.25, -0.2) is 9.67 Å². The Balaban J connectivity index is 1.58. The van der Waals surface area contributed by atoms with Crippen LogP contribution in [0.5, 0.6) is 5.75 Å². The molecule has 8 nitrogen and oxygen atoms in total. The number of nitrogens with one attached hydrogen (secondary N) is 2. The number of aryl methyl sites for hydroxylation is 2. The van der Waals surface area contributed by atoms with Crippen LogP contribution in [0.1, 0.15) is 28.9 Å². The lowest BCUT2D eigenvalue weighted by atomic mass is 10.1. The first-order chi connectivity index (χ1) is 14.0. The number of aromatic nitrogens is 3. The van der Waals surface area contributed by atoms with Gasteiger partial charge in [0.05, 0.1) is 10.7 Å². The zero-order valence-electron chi connectivity index (χ0n) is 16.0. The van der Waals surface area contributed by atoms with E-state index in [1.807, 2.05) is 25.1 Å². The second-order valence-corrected chi connectivity index (χ2v) is 6.51. The largest absolute Gasteiger partial charge is 0.483 e. The molecule has 3 rings (SSSR count). The van der Waals surface area contributed by atoms with Crippen LogP contribution in [0.25, 0.3) is 5.69 Å². The summed E-state index contributed by atoms with van der Waals surface area (Å²) in [4.78, 5) is 28.4. The maximum atomic E-state index is 12.3. The van der Waals surface area contributed by atoms with E-state index in [0.29, 0.717) is 22.3 Å². The van der Waals surface area contributed by atoms with Crippen molar-refractivity contribution in [1.29, 1.82) is 0 Å². The number of rotatable bonds is 6. The van der Waals surface area contributed by atoms with Gasteiger partial charge in [0.2, 0.25) is 5.82 Å². The molecule has 0 saturated heterocycles. The number of amides is 2. The summed E-state index contributed by atoms with van der Waals surface area (Å²) in [6, 6.07) is 14.5. The molecule has 9 heteroatoms. The third-order valence-electron chi connectivity index (χ3n) is 4.08. The summed E-state index contributed by atoms with van der Waals surface area (Å²) in [5, 5.41) is 4.64. The van der Waals surface area contributed by atoms with Crippen molar-refractivity contribution in [2.24, 2.45) is 0 Å². The number of nitrogens with zero attached hydrogens (tertiary/aromatic N) is 3. The SMILES string of the molecule is CCc1ccccc1OCC(=O)NNC(=O)c1nc(C)n(-c2ccccc2Cl)n1. The molecule has 0 saturated carbocycles. The lowest BCUT2D eigenvalue weighted by Crippen LogP contribution is -2.44. The fourth-order valence-electron chi connectivity index (χ4n) is 2.64. The average Bonchev–Trinajstić information content (AvgIpc) is 3.12. The number of benzene rings is 2. The minimum absolute atomic E-state index is 0.0973. The quantitative estimate of drug-likeness (QED) is 0.605. The third-order valence-corrected chi connectivity index (χ3v) is 4.40. The first kappa shape index (κ1) is 20.3. The predicted molar refractivity (Wildman–Crippen MR) is 108 cm³/mol. The maximum absolute atomic E-state index is 12.3. The van der Waals surface area contributed by atoms with Crippen LogP contribution in [0.3, 0.4) is 0 Å². The molecule has 3 aromatic rings. The van der Waals surface area contributed by atoms with E-state index in [1.54, 1.807) is 37.3 Å². The molecule has 150 valence electrons. The normalized spacial score (nSPS) is 10.4. The van der Waals surface area contributed by atoms with Gasteiger partial charge in [-0.1, -0.05) is 48.9 Å². The Labute approximate surface area is 172 Å². The lowest BCUT2D eigenvalue weighted by Gasteiger charge is -2.10. The van der Waals surface area contributed by atoms with Gasteiger partial charge in [0.25, 0.3) is 5.91 Å². The Kier molecular flexibility index (Phi) is 6.46. The molecule has 1 heterocycles. The summed E-state index contributed by atoms with van der Waals surface area (Å²) in [5.41, 5.74) is 6.17. The zero-order chi connectivity index (χ0) is 20.8. The number of carbonyl (C=O) groups is 2. The third kappa shape index (κ3) is 4.91. The van der Waals surface area contributed by atoms with Crippen LogP contribution in [0.2, 0.25) is 5.02 Å². The van der Waals surface area contributed by atoms with E-state index >= 15 is 0 Å². The fraction of sp³-hybridized carbons (Fsp3) is 0.200. The second kappa shape index (κ2) is 9.20. The van der Waals surface area contributed by atoms with Crippen LogP contribution in [0.15, 0.2) is 48.5 Å². The molecule has 2 N–H and O–H groups in total. The van der Waals surface area contributed by atoms with Gasteiger partial charge in [0, 0.05) is 0 Å². The lowest BCUT2D eigenvalue weighted by molar-refractivity contribution is -0.123. The van der Waals surface area contributed by atoms with Gasteiger partial charge < -0.3 is 4.74 Å². The van der Waals surface area contributed by atoms with Crippen LogP contribution in [-0.4, -0.2) is 33.2 Å². The Bertz CT molecular complexity index is 1030. The van der Waals surface area contributed by atoms with Crippen LogP contribution in [-0.2, 0) is 11.2 Å². The fourth-order valence-corrected chi connectivity index (χ4v) is 2.85. The molecule has 0 aliphatic rings. The van der Waals surface area contributed by atoms with Crippen molar-refractivity contribution >= 4 is 23.4 Å².